The number of hydrogen-bond acceptors (Lipinski definition) is 4. The number of aromatic nitrogens is 3. The van der Waals surface area contributed by atoms with Gasteiger partial charge in [0, 0.05) is 31.0 Å². The maximum atomic E-state index is 13.4. The lowest BCUT2D eigenvalue weighted by Crippen LogP contribution is -2.37. The number of halogens is 3. The van der Waals surface area contributed by atoms with Crippen LogP contribution in [0.3, 0.4) is 0 Å². The average molecular weight is 365 g/mol. The van der Waals surface area contributed by atoms with E-state index in [0.29, 0.717) is 5.82 Å². The van der Waals surface area contributed by atoms with Gasteiger partial charge in [0.05, 0.1) is 11.7 Å². The fraction of sp³-hybridized carbons (Fsp3) is 0.556. The van der Waals surface area contributed by atoms with Crippen molar-refractivity contribution in [1.29, 1.82) is 0 Å². The molecule has 0 aliphatic carbocycles. The van der Waals surface area contributed by atoms with Gasteiger partial charge in [0.2, 0.25) is 0 Å². The van der Waals surface area contributed by atoms with Gasteiger partial charge in [-0.2, -0.15) is 18.3 Å². The van der Waals surface area contributed by atoms with Gasteiger partial charge in [0.25, 0.3) is 0 Å². The highest BCUT2D eigenvalue weighted by molar-refractivity contribution is 5.42. The summed E-state index contributed by atoms with van der Waals surface area (Å²) in [5.74, 6) is 0.469. The summed E-state index contributed by atoms with van der Waals surface area (Å²) in [7, 11) is 0. The van der Waals surface area contributed by atoms with Gasteiger partial charge in [-0.25, -0.2) is 4.68 Å². The normalized spacial score (nSPS) is 26.5. The lowest BCUT2D eigenvalue weighted by molar-refractivity contribution is -0.173. The van der Waals surface area contributed by atoms with Crippen LogP contribution in [0.1, 0.15) is 49.5 Å². The Bertz CT molecular complexity index is 758. The largest absolute Gasteiger partial charge is 0.410 e. The molecule has 2 aromatic heterocycles. The Kier molecular flexibility index (Phi) is 4.38. The van der Waals surface area contributed by atoms with Crippen molar-refractivity contribution >= 4 is 5.82 Å². The third-order valence-corrected chi connectivity index (χ3v) is 5.24. The number of likely N-dealkylation sites (tertiary alicyclic amines) is 1. The molecule has 1 fully saturated rings. The quantitative estimate of drug-likeness (QED) is 0.895. The summed E-state index contributed by atoms with van der Waals surface area (Å²) in [4.78, 5) is 6.32. The van der Waals surface area contributed by atoms with Gasteiger partial charge < -0.3 is 5.32 Å². The van der Waals surface area contributed by atoms with Gasteiger partial charge in [-0.3, -0.25) is 9.88 Å². The topological polar surface area (TPSA) is 46.0 Å². The van der Waals surface area contributed by atoms with Crippen molar-refractivity contribution < 1.29 is 13.2 Å². The number of hydrogen-bond donors (Lipinski definition) is 1. The number of nitrogens with one attached hydrogen (secondary N) is 1. The molecule has 0 aromatic carbocycles. The zero-order chi connectivity index (χ0) is 18.3. The first-order valence-corrected chi connectivity index (χ1v) is 8.97. The summed E-state index contributed by atoms with van der Waals surface area (Å²) < 4.78 is 41.5. The van der Waals surface area contributed by atoms with Gasteiger partial charge in [-0.15, -0.1) is 0 Å². The number of fused-ring (bicyclic) bond motifs is 1. The van der Waals surface area contributed by atoms with Crippen LogP contribution in [0.4, 0.5) is 19.0 Å². The number of pyridine rings is 1. The zero-order valence-corrected chi connectivity index (χ0v) is 14.6. The van der Waals surface area contributed by atoms with Crippen LogP contribution in [0.2, 0.25) is 0 Å². The predicted molar refractivity (Wildman–Crippen MR) is 91.6 cm³/mol. The molecule has 0 spiro atoms. The molecule has 140 valence electrons. The Morgan fingerprint density at radius 3 is 2.77 bits per heavy atom. The molecule has 4 rings (SSSR count). The molecule has 0 saturated carbocycles. The van der Waals surface area contributed by atoms with E-state index in [4.69, 9.17) is 0 Å². The van der Waals surface area contributed by atoms with Crippen molar-refractivity contribution in [2.45, 2.75) is 57.0 Å². The fourth-order valence-corrected chi connectivity index (χ4v) is 4.01. The molecule has 0 amide bonds. The van der Waals surface area contributed by atoms with Crippen LogP contribution in [0.25, 0.3) is 0 Å². The van der Waals surface area contributed by atoms with E-state index in [0.717, 1.165) is 41.9 Å². The SMILES string of the molecule is C[C@@H]1C[C@H](C(F)(F)F)n2nc(C3CCCN3Cc3ccncc3)cc2N1. The first kappa shape index (κ1) is 17.3. The van der Waals surface area contributed by atoms with Crippen LogP contribution in [0.15, 0.2) is 30.6 Å². The second-order valence-electron chi connectivity index (χ2n) is 7.22. The minimum Gasteiger partial charge on any atom is -0.368 e. The molecule has 4 heterocycles. The fourth-order valence-electron chi connectivity index (χ4n) is 4.01. The Hall–Kier alpha value is -2.09. The third-order valence-electron chi connectivity index (χ3n) is 5.24. The summed E-state index contributed by atoms with van der Waals surface area (Å²) in [5.41, 5.74) is 1.87. The Morgan fingerprint density at radius 1 is 1.27 bits per heavy atom. The van der Waals surface area contributed by atoms with Crippen molar-refractivity contribution in [2.24, 2.45) is 0 Å². The van der Waals surface area contributed by atoms with Crippen molar-refractivity contribution in [3.05, 3.63) is 41.9 Å². The number of anilines is 1. The van der Waals surface area contributed by atoms with E-state index in [-0.39, 0.29) is 18.5 Å². The number of nitrogens with zero attached hydrogens (tertiary/aromatic N) is 4. The van der Waals surface area contributed by atoms with Gasteiger partial charge in [-0.05, 0) is 50.4 Å². The molecular formula is C18H22F3N5. The highest BCUT2D eigenvalue weighted by atomic mass is 19.4. The molecule has 8 heteroatoms. The molecule has 0 radical (unpaired) electrons. The first-order valence-electron chi connectivity index (χ1n) is 8.97. The standard InChI is InChI=1S/C18H22F3N5/c1-12-9-16(18(19,20)21)26-17(23-12)10-14(24-26)15-3-2-8-25(15)11-13-4-6-22-7-5-13/h4-7,10,12,15-16,23H,2-3,8-9,11H2,1H3/t12-,15?,16-/m1/s1. The lowest BCUT2D eigenvalue weighted by Gasteiger charge is -2.31. The van der Waals surface area contributed by atoms with Crippen molar-refractivity contribution in [2.75, 3.05) is 11.9 Å². The van der Waals surface area contributed by atoms with Gasteiger partial charge in [0.15, 0.2) is 6.04 Å². The molecule has 5 nitrogen and oxygen atoms in total. The van der Waals surface area contributed by atoms with Gasteiger partial charge in [0.1, 0.15) is 5.82 Å². The van der Waals surface area contributed by atoms with Gasteiger partial charge in [-0.1, -0.05) is 0 Å². The molecule has 1 saturated heterocycles. The van der Waals surface area contributed by atoms with Crippen LogP contribution in [0, 0.1) is 0 Å². The smallest absolute Gasteiger partial charge is 0.368 e. The summed E-state index contributed by atoms with van der Waals surface area (Å²) in [5, 5.41) is 7.53. The maximum absolute atomic E-state index is 13.4. The van der Waals surface area contributed by atoms with Crippen LogP contribution in [-0.2, 0) is 6.54 Å². The molecule has 0 bridgehead atoms. The van der Waals surface area contributed by atoms with Crippen molar-refractivity contribution in [3.8, 4) is 0 Å². The van der Waals surface area contributed by atoms with E-state index in [1.807, 2.05) is 12.1 Å². The van der Waals surface area contributed by atoms with E-state index in [1.165, 1.54) is 0 Å². The number of alkyl halides is 3. The molecule has 1 unspecified atom stereocenters. The summed E-state index contributed by atoms with van der Waals surface area (Å²) in [6.45, 7) is 3.45. The summed E-state index contributed by atoms with van der Waals surface area (Å²) in [6, 6.07) is 4.00. The lowest BCUT2D eigenvalue weighted by atomic mass is 10.1. The maximum Gasteiger partial charge on any atom is 0.410 e. The second-order valence-corrected chi connectivity index (χ2v) is 7.22. The highest BCUT2D eigenvalue weighted by Gasteiger charge is 2.46. The van der Waals surface area contributed by atoms with Crippen LogP contribution in [-0.4, -0.2) is 38.4 Å². The Morgan fingerprint density at radius 2 is 2.04 bits per heavy atom. The van der Waals surface area contributed by atoms with Crippen LogP contribution >= 0.6 is 0 Å². The van der Waals surface area contributed by atoms with E-state index < -0.39 is 12.2 Å². The molecule has 2 aliphatic rings. The van der Waals surface area contributed by atoms with E-state index in [2.05, 4.69) is 20.3 Å². The predicted octanol–water partition coefficient (Wildman–Crippen LogP) is 3.92. The van der Waals surface area contributed by atoms with Crippen molar-refractivity contribution in [1.82, 2.24) is 19.7 Å². The first-order chi connectivity index (χ1) is 12.4. The monoisotopic (exact) mass is 365 g/mol. The second kappa shape index (κ2) is 6.57. The zero-order valence-electron chi connectivity index (χ0n) is 14.6. The van der Waals surface area contributed by atoms with E-state index >= 15 is 0 Å². The van der Waals surface area contributed by atoms with E-state index in [9.17, 15) is 13.2 Å². The molecule has 2 aromatic rings. The Balaban J connectivity index is 1.60. The molecular weight excluding hydrogens is 343 g/mol. The highest BCUT2D eigenvalue weighted by Crippen LogP contribution is 2.41. The van der Waals surface area contributed by atoms with E-state index in [1.54, 1.807) is 25.4 Å². The summed E-state index contributed by atoms with van der Waals surface area (Å²) in [6.07, 6.45) is 1.16. The molecule has 3 atom stereocenters. The van der Waals surface area contributed by atoms with Crippen LogP contribution in [0.5, 0.6) is 0 Å². The molecule has 26 heavy (non-hydrogen) atoms. The third kappa shape index (κ3) is 3.30. The average Bonchev–Trinajstić information content (AvgIpc) is 3.20. The minimum atomic E-state index is -4.29. The number of rotatable bonds is 3. The molecule has 2 aliphatic heterocycles. The molecule has 1 N–H and O–H groups in total. The summed E-state index contributed by atoms with van der Waals surface area (Å²) >= 11 is 0. The minimum absolute atomic E-state index is 0.00299. The Labute approximate surface area is 150 Å². The van der Waals surface area contributed by atoms with Gasteiger partial charge >= 0.3 is 6.18 Å². The van der Waals surface area contributed by atoms with Crippen LogP contribution < -0.4 is 5.32 Å². The van der Waals surface area contributed by atoms with Crippen molar-refractivity contribution in [3.63, 3.8) is 0 Å².